The van der Waals surface area contributed by atoms with Crippen molar-refractivity contribution in [3.05, 3.63) is 35.5 Å². The number of aromatic nitrogens is 2. The third kappa shape index (κ3) is 2.45. The van der Waals surface area contributed by atoms with Crippen LogP contribution in [0.4, 0.5) is 0 Å². The Morgan fingerprint density at radius 1 is 1.50 bits per heavy atom. The Kier molecular flexibility index (Phi) is 3.52. The first-order valence-corrected chi connectivity index (χ1v) is 5.98. The molecule has 0 aromatic carbocycles. The van der Waals surface area contributed by atoms with Crippen LogP contribution in [0.15, 0.2) is 38.0 Å². The van der Waals surface area contributed by atoms with Crippen LogP contribution in [0.1, 0.15) is 17.1 Å². The van der Waals surface area contributed by atoms with E-state index in [0.717, 1.165) is 11.5 Å². The largest absolute Gasteiger partial charge is 0.436 e. The predicted molar refractivity (Wildman–Crippen MR) is 66.8 cm³/mol. The van der Waals surface area contributed by atoms with Gasteiger partial charge < -0.3 is 15.4 Å². The normalized spacial score (nSPS) is 11.8. The highest BCUT2D eigenvalue weighted by molar-refractivity contribution is 7.99. The van der Waals surface area contributed by atoms with Gasteiger partial charge in [0.05, 0.1) is 5.69 Å². The molecule has 18 heavy (non-hydrogen) atoms. The lowest BCUT2D eigenvalue weighted by Crippen LogP contribution is -2.15. The van der Waals surface area contributed by atoms with E-state index in [-0.39, 0.29) is 5.84 Å². The smallest absolute Gasteiger partial charge is 0.261 e. The minimum atomic E-state index is -0.0434. The number of oxime groups is 1. The van der Waals surface area contributed by atoms with Gasteiger partial charge in [0, 0.05) is 11.1 Å². The fourth-order valence-electron chi connectivity index (χ4n) is 1.29. The zero-order chi connectivity index (χ0) is 13.1. The second-order valence-corrected chi connectivity index (χ2v) is 4.55. The Morgan fingerprint density at radius 2 is 2.28 bits per heavy atom. The Morgan fingerprint density at radius 3 is 2.89 bits per heavy atom. The summed E-state index contributed by atoms with van der Waals surface area (Å²) in [6, 6.07) is 3.57. The van der Waals surface area contributed by atoms with E-state index in [1.165, 1.54) is 11.8 Å². The molecule has 0 atom stereocenters. The van der Waals surface area contributed by atoms with Crippen molar-refractivity contribution in [2.45, 2.75) is 24.0 Å². The molecule has 2 rings (SSSR count). The highest BCUT2D eigenvalue weighted by atomic mass is 32.2. The van der Waals surface area contributed by atoms with E-state index >= 15 is 0 Å². The first kappa shape index (κ1) is 12.4. The lowest BCUT2D eigenvalue weighted by Gasteiger charge is -2.03. The molecule has 0 unspecified atom stereocenters. The molecule has 0 amide bonds. The van der Waals surface area contributed by atoms with Gasteiger partial charge in [-0.3, -0.25) is 4.98 Å². The number of nitrogens with two attached hydrogens (primary N) is 1. The maximum atomic E-state index is 8.70. The summed E-state index contributed by atoms with van der Waals surface area (Å²) in [6.45, 7) is 3.72. The lowest BCUT2D eigenvalue weighted by molar-refractivity contribution is 0.318. The number of hydrogen-bond acceptors (Lipinski definition) is 6. The topological polar surface area (TPSA) is 97.5 Å². The third-order valence-corrected chi connectivity index (χ3v) is 3.23. The summed E-state index contributed by atoms with van der Waals surface area (Å²) < 4.78 is 5.47. The van der Waals surface area contributed by atoms with Gasteiger partial charge in [-0.05, 0) is 37.7 Å². The van der Waals surface area contributed by atoms with Crippen LogP contribution in [-0.4, -0.2) is 21.0 Å². The third-order valence-electron chi connectivity index (χ3n) is 2.33. The van der Waals surface area contributed by atoms with E-state index in [1.807, 2.05) is 13.8 Å². The molecule has 0 aliphatic rings. The summed E-state index contributed by atoms with van der Waals surface area (Å²) >= 11 is 1.28. The van der Waals surface area contributed by atoms with Crippen LogP contribution in [0.2, 0.25) is 0 Å². The fourth-order valence-corrected chi connectivity index (χ4v) is 2.23. The lowest BCUT2D eigenvalue weighted by atomic mass is 10.3. The van der Waals surface area contributed by atoms with Crippen molar-refractivity contribution >= 4 is 17.6 Å². The van der Waals surface area contributed by atoms with Crippen LogP contribution in [0.25, 0.3) is 0 Å². The molecule has 0 radical (unpaired) electrons. The number of oxazole rings is 1. The number of nitrogens with zero attached hydrogens (tertiary/aromatic N) is 3. The van der Waals surface area contributed by atoms with Crippen molar-refractivity contribution in [2.24, 2.45) is 10.9 Å². The molecular formula is C11H12N4O2S. The zero-order valence-corrected chi connectivity index (χ0v) is 10.7. The van der Waals surface area contributed by atoms with E-state index < -0.39 is 0 Å². The van der Waals surface area contributed by atoms with E-state index in [0.29, 0.717) is 15.8 Å². The van der Waals surface area contributed by atoms with Crippen LogP contribution in [0.5, 0.6) is 0 Å². The first-order valence-electron chi connectivity index (χ1n) is 5.16. The maximum absolute atomic E-state index is 8.70. The van der Waals surface area contributed by atoms with Crippen LogP contribution in [0.3, 0.4) is 0 Å². The molecule has 0 fully saturated rings. The molecule has 94 valence electrons. The van der Waals surface area contributed by atoms with Crippen molar-refractivity contribution in [3.63, 3.8) is 0 Å². The van der Waals surface area contributed by atoms with Crippen LogP contribution < -0.4 is 5.73 Å². The van der Waals surface area contributed by atoms with Crippen molar-refractivity contribution in [1.82, 2.24) is 9.97 Å². The van der Waals surface area contributed by atoms with Gasteiger partial charge in [-0.1, -0.05) is 5.16 Å². The monoisotopic (exact) mass is 264 g/mol. The molecule has 2 heterocycles. The molecule has 7 heteroatoms. The second kappa shape index (κ2) is 5.09. The van der Waals surface area contributed by atoms with Gasteiger partial charge in [0.25, 0.3) is 5.22 Å². The van der Waals surface area contributed by atoms with Crippen molar-refractivity contribution < 1.29 is 9.62 Å². The fraction of sp³-hybridized carbons (Fsp3) is 0.182. The summed E-state index contributed by atoms with van der Waals surface area (Å²) in [5.74, 6) is 0.727. The molecule has 3 N–H and O–H groups in total. The van der Waals surface area contributed by atoms with Gasteiger partial charge in [-0.15, -0.1) is 0 Å². The molecule has 0 bridgehead atoms. The van der Waals surface area contributed by atoms with Crippen LogP contribution in [-0.2, 0) is 0 Å². The number of rotatable bonds is 3. The maximum Gasteiger partial charge on any atom is 0.261 e. The van der Waals surface area contributed by atoms with E-state index in [9.17, 15) is 0 Å². The highest BCUT2D eigenvalue weighted by Gasteiger charge is 2.13. The van der Waals surface area contributed by atoms with E-state index in [1.54, 1.807) is 18.3 Å². The second-order valence-electron chi connectivity index (χ2n) is 3.56. The molecule has 0 aliphatic heterocycles. The Hall–Kier alpha value is -2.02. The summed E-state index contributed by atoms with van der Waals surface area (Å²) in [6.07, 6.45) is 1.57. The standard InChI is InChI=1S/C11H12N4O2S/c1-6-7(2)17-11(14-6)18-8-4-3-5-13-9(8)10(12)15-16/h3-5,16H,1-2H3,(H2,12,15). The number of pyridine rings is 1. The van der Waals surface area contributed by atoms with Gasteiger partial charge in [0.15, 0.2) is 5.84 Å². The molecule has 0 saturated carbocycles. The summed E-state index contributed by atoms with van der Waals surface area (Å²) in [7, 11) is 0. The minimum Gasteiger partial charge on any atom is -0.436 e. The quantitative estimate of drug-likeness (QED) is 0.380. The zero-order valence-electron chi connectivity index (χ0n) is 9.91. The molecule has 6 nitrogen and oxygen atoms in total. The van der Waals surface area contributed by atoms with Gasteiger partial charge in [-0.25, -0.2) is 4.98 Å². The van der Waals surface area contributed by atoms with E-state index in [4.69, 9.17) is 15.4 Å². The van der Waals surface area contributed by atoms with Crippen molar-refractivity contribution in [2.75, 3.05) is 0 Å². The van der Waals surface area contributed by atoms with Gasteiger partial charge >= 0.3 is 0 Å². The number of hydrogen-bond donors (Lipinski definition) is 2. The Balaban J connectivity index is 2.34. The first-order chi connectivity index (χ1) is 8.61. The van der Waals surface area contributed by atoms with Gasteiger partial charge in [-0.2, -0.15) is 0 Å². The molecular weight excluding hydrogens is 252 g/mol. The molecule has 0 aliphatic carbocycles. The molecule has 0 spiro atoms. The highest BCUT2D eigenvalue weighted by Crippen LogP contribution is 2.29. The van der Waals surface area contributed by atoms with E-state index in [2.05, 4.69) is 15.1 Å². The Bertz CT molecular complexity index is 575. The molecule has 0 saturated heterocycles. The average molecular weight is 264 g/mol. The predicted octanol–water partition coefficient (Wildman–Crippen LogP) is 1.93. The Labute approximate surface area is 108 Å². The summed E-state index contributed by atoms with van der Waals surface area (Å²) in [4.78, 5) is 9.04. The van der Waals surface area contributed by atoms with Crippen LogP contribution >= 0.6 is 11.8 Å². The minimum absolute atomic E-state index is 0.0434. The van der Waals surface area contributed by atoms with Gasteiger partial charge in [0.2, 0.25) is 0 Å². The van der Waals surface area contributed by atoms with Gasteiger partial charge in [0.1, 0.15) is 11.5 Å². The summed E-state index contributed by atoms with van der Waals surface area (Å²) in [5, 5.41) is 12.2. The number of aryl methyl sites for hydroxylation is 2. The van der Waals surface area contributed by atoms with Crippen molar-refractivity contribution in [3.8, 4) is 0 Å². The number of amidine groups is 1. The molecule has 2 aromatic rings. The SMILES string of the molecule is Cc1nc(Sc2cccnc2/C(N)=N/O)oc1C. The van der Waals surface area contributed by atoms with Crippen LogP contribution in [0, 0.1) is 13.8 Å². The van der Waals surface area contributed by atoms with Crippen molar-refractivity contribution in [1.29, 1.82) is 0 Å². The molecule has 2 aromatic heterocycles. The average Bonchev–Trinajstić information content (AvgIpc) is 2.68. The summed E-state index contributed by atoms with van der Waals surface area (Å²) in [5.41, 5.74) is 6.80.